The van der Waals surface area contributed by atoms with E-state index < -0.39 is 0 Å². The van der Waals surface area contributed by atoms with Gasteiger partial charge in [0.05, 0.1) is 18.8 Å². The Kier molecular flexibility index (Phi) is 9.27. The van der Waals surface area contributed by atoms with Gasteiger partial charge in [-0.3, -0.25) is 4.79 Å². The highest BCUT2D eigenvalue weighted by molar-refractivity contribution is 14.0. The van der Waals surface area contributed by atoms with E-state index in [9.17, 15) is 4.79 Å². The zero-order valence-corrected chi connectivity index (χ0v) is 18.8. The number of hydrogen-bond donors (Lipinski definition) is 2. The number of aryl methyl sites for hydroxylation is 2. The number of guanidine groups is 1. The molecule has 1 aromatic heterocycles. The van der Waals surface area contributed by atoms with Crippen molar-refractivity contribution in [1.82, 2.24) is 20.5 Å². The first-order chi connectivity index (χ1) is 12.4. The van der Waals surface area contributed by atoms with Gasteiger partial charge in [0.1, 0.15) is 5.76 Å². The lowest BCUT2D eigenvalue weighted by Crippen LogP contribution is -2.36. The van der Waals surface area contributed by atoms with Crippen molar-refractivity contribution in [1.29, 1.82) is 0 Å². The smallest absolute Gasteiger partial charge is 0.253 e. The minimum atomic E-state index is -0.00779. The van der Waals surface area contributed by atoms with Crippen molar-refractivity contribution in [2.75, 3.05) is 20.6 Å². The number of aliphatic imine (C=N–C) groups is 1. The number of aromatic nitrogens is 1. The van der Waals surface area contributed by atoms with E-state index in [4.69, 9.17) is 4.42 Å². The second kappa shape index (κ2) is 10.9. The van der Waals surface area contributed by atoms with Gasteiger partial charge in [-0.1, -0.05) is 12.1 Å². The lowest BCUT2D eigenvalue weighted by atomic mass is 10.1. The van der Waals surface area contributed by atoms with Gasteiger partial charge in [-0.2, -0.15) is 0 Å². The number of oxazole rings is 1. The molecule has 0 bridgehead atoms. The molecule has 7 nitrogen and oxygen atoms in total. The third-order valence-electron chi connectivity index (χ3n) is 3.85. The van der Waals surface area contributed by atoms with E-state index in [1.165, 1.54) is 0 Å². The molecule has 1 heterocycles. The van der Waals surface area contributed by atoms with Gasteiger partial charge >= 0.3 is 0 Å². The molecular formula is C19H28IN5O2. The molecule has 0 aliphatic carbocycles. The lowest BCUT2D eigenvalue weighted by Gasteiger charge is -2.11. The molecule has 2 N–H and O–H groups in total. The van der Waals surface area contributed by atoms with Gasteiger partial charge in [-0.25, -0.2) is 9.98 Å². The summed E-state index contributed by atoms with van der Waals surface area (Å²) in [7, 11) is 3.48. The molecule has 0 atom stereocenters. The van der Waals surface area contributed by atoms with E-state index in [2.05, 4.69) is 20.6 Å². The maximum absolute atomic E-state index is 11.9. The normalized spacial score (nSPS) is 10.9. The minimum Gasteiger partial charge on any atom is -0.444 e. The summed E-state index contributed by atoms with van der Waals surface area (Å²) >= 11 is 0. The molecule has 2 rings (SSSR count). The molecule has 1 aromatic carbocycles. The van der Waals surface area contributed by atoms with Crippen LogP contribution in [0.3, 0.4) is 0 Å². The van der Waals surface area contributed by atoms with Crippen LogP contribution in [-0.4, -0.2) is 42.4 Å². The van der Waals surface area contributed by atoms with Crippen molar-refractivity contribution < 1.29 is 9.21 Å². The maximum Gasteiger partial charge on any atom is 0.253 e. The molecule has 0 aliphatic rings. The summed E-state index contributed by atoms with van der Waals surface area (Å²) in [6, 6.07) is 7.49. The number of rotatable bonds is 6. The molecule has 0 fully saturated rings. The Hall–Kier alpha value is -2.10. The van der Waals surface area contributed by atoms with E-state index in [0.717, 1.165) is 23.6 Å². The van der Waals surface area contributed by atoms with Crippen LogP contribution in [0.25, 0.3) is 0 Å². The SMILES string of the molecule is CCNC(=NCc1ccc(C(=O)N(C)C)cc1)NCc1nc(C)c(C)o1.I. The highest BCUT2D eigenvalue weighted by Gasteiger charge is 2.08. The predicted molar refractivity (Wildman–Crippen MR) is 118 cm³/mol. The third-order valence-corrected chi connectivity index (χ3v) is 3.85. The molecular weight excluding hydrogens is 457 g/mol. The van der Waals surface area contributed by atoms with Gasteiger partial charge in [0.2, 0.25) is 5.89 Å². The molecule has 0 radical (unpaired) electrons. The number of carbonyl (C=O) groups is 1. The minimum absolute atomic E-state index is 0. The van der Waals surface area contributed by atoms with E-state index in [1.807, 2.05) is 45.0 Å². The number of amides is 1. The number of halogens is 1. The van der Waals surface area contributed by atoms with Crippen LogP contribution < -0.4 is 10.6 Å². The molecule has 0 spiro atoms. The Morgan fingerprint density at radius 3 is 2.37 bits per heavy atom. The molecule has 148 valence electrons. The third kappa shape index (κ3) is 6.85. The maximum atomic E-state index is 11.9. The summed E-state index contributed by atoms with van der Waals surface area (Å²) in [6.45, 7) is 7.57. The molecule has 0 aliphatic heterocycles. The Morgan fingerprint density at radius 1 is 1.19 bits per heavy atom. The number of carbonyl (C=O) groups excluding carboxylic acids is 1. The fourth-order valence-corrected chi connectivity index (χ4v) is 2.30. The Bertz CT molecular complexity index is 749. The van der Waals surface area contributed by atoms with Crippen LogP contribution in [0.5, 0.6) is 0 Å². The van der Waals surface area contributed by atoms with Gasteiger partial charge in [0, 0.05) is 26.2 Å². The van der Waals surface area contributed by atoms with Crippen LogP contribution in [0.15, 0.2) is 33.7 Å². The number of hydrogen-bond acceptors (Lipinski definition) is 4. The van der Waals surface area contributed by atoms with Crippen molar-refractivity contribution in [3.63, 3.8) is 0 Å². The van der Waals surface area contributed by atoms with Crippen molar-refractivity contribution in [2.24, 2.45) is 4.99 Å². The van der Waals surface area contributed by atoms with E-state index in [1.54, 1.807) is 19.0 Å². The zero-order valence-electron chi connectivity index (χ0n) is 16.5. The van der Waals surface area contributed by atoms with Crippen molar-refractivity contribution in [2.45, 2.75) is 33.9 Å². The fourth-order valence-electron chi connectivity index (χ4n) is 2.30. The topological polar surface area (TPSA) is 82.8 Å². The average Bonchev–Trinajstić information content (AvgIpc) is 2.95. The van der Waals surface area contributed by atoms with Crippen molar-refractivity contribution in [3.05, 3.63) is 52.7 Å². The largest absolute Gasteiger partial charge is 0.444 e. The zero-order chi connectivity index (χ0) is 19.1. The van der Waals surface area contributed by atoms with Crippen LogP contribution in [-0.2, 0) is 13.1 Å². The average molecular weight is 485 g/mol. The van der Waals surface area contributed by atoms with Crippen LogP contribution in [0.4, 0.5) is 0 Å². The Morgan fingerprint density at radius 2 is 1.85 bits per heavy atom. The highest BCUT2D eigenvalue weighted by atomic mass is 127. The molecule has 2 aromatic rings. The van der Waals surface area contributed by atoms with Gasteiger partial charge in [-0.15, -0.1) is 24.0 Å². The second-order valence-electron chi connectivity index (χ2n) is 6.19. The van der Waals surface area contributed by atoms with Crippen LogP contribution in [0.2, 0.25) is 0 Å². The van der Waals surface area contributed by atoms with E-state index in [0.29, 0.717) is 30.5 Å². The summed E-state index contributed by atoms with van der Waals surface area (Å²) in [4.78, 5) is 22.4. The molecule has 1 amide bonds. The predicted octanol–water partition coefficient (Wildman–Crippen LogP) is 2.87. The van der Waals surface area contributed by atoms with Crippen LogP contribution in [0.1, 0.15) is 40.2 Å². The number of nitrogens with one attached hydrogen (secondary N) is 2. The van der Waals surface area contributed by atoms with Gasteiger partial charge in [0.25, 0.3) is 5.91 Å². The quantitative estimate of drug-likeness (QED) is 0.374. The number of nitrogens with zero attached hydrogens (tertiary/aromatic N) is 3. The van der Waals surface area contributed by atoms with Gasteiger partial charge in [-0.05, 0) is 38.5 Å². The second-order valence-corrected chi connectivity index (χ2v) is 6.19. The summed E-state index contributed by atoms with van der Waals surface area (Å²) in [5.41, 5.74) is 2.60. The molecule has 27 heavy (non-hydrogen) atoms. The van der Waals surface area contributed by atoms with Gasteiger partial charge < -0.3 is 20.0 Å². The van der Waals surface area contributed by atoms with Crippen LogP contribution >= 0.6 is 24.0 Å². The molecule has 0 saturated heterocycles. The van der Waals surface area contributed by atoms with E-state index in [-0.39, 0.29) is 29.9 Å². The first-order valence-electron chi connectivity index (χ1n) is 8.66. The molecule has 0 unspecified atom stereocenters. The van der Waals surface area contributed by atoms with Crippen molar-refractivity contribution in [3.8, 4) is 0 Å². The van der Waals surface area contributed by atoms with Crippen molar-refractivity contribution >= 4 is 35.8 Å². The summed E-state index contributed by atoms with van der Waals surface area (Å²) in [5, 5.41) is 6.41. The highest BCUT2D eigenvalue weighted by Crippen LogP contribution is 2.09. The Balaban J connectivity index is 0.00000364. The summed E-state index contributed by atoms with van der Waals surface area (Å²) < 4.78 is 5.57. The van der Waals surface area contributed by atoms with Gasteiger partial charge in [0.15, 0.2) is 5.96 Å². The fraction of sp³-hybridized carbons (Fsp3) is 0.421. The summed E-state index contributed by atoms with van der Waals surface area (Å²) in [5.74, 6) is 2.15. The van der Waals surface area contributed by atoms with Crippen LogP contribution in [0, 0.1) is 13.8 Å². The number of benzene rings is 1. The van der Waals surface area contributed by atoms with E-state index >= 15 is 0 Å². The monoisotopic (exact) mass is 485 g/mol. The first kappa shape index (κ1) is 22.9. The first-order valence-corrected chi connectivity index (χ1v) is 8.66. The molecule has 8 heteroatoms. The lowest BCUT2D eigenvalue weighted by molar-refractivity contribution is 0.0827. The molecule has 0 saturated carbocycles. The standard InChI is InChI=1S/C19H27N5O2.HI/c1-6-20-19(22-12-17-23-13(2)14(3)26-17)21-11-15-7-9-16(10-8-15)18(25)24(4)5;/h7-10H,6,11-12H2,1-5H3,(H2,20,21,22);1H. The summed E-state index contributed by atoms with van der Waals surface area (Å²) in [6.07, 6.45) is 0. The Labute approximate surface area is 177 Å².